The van der Waals surface area contributed by atoms with Gasteiger partial charge in [-0.05, 0) is 50.7 Å². The molecule has 0 saturated carbocycles. The maximum absolute atomic E-state index is 12.5. The summed E-state index contributed by atoms with van der Waals surface area (Å²) in [5.41, 5.74) is 0.779. The van der Waals surface area contributed by atoms with E-state index in [9.17, 15) is 9.59 Å². The minimum atomic E-state index is -0.128. The van der Waals surface area contributed by atoms with Crippen molar-refractivity contribution in [1.29, 1.82) is 0 Å². The number of carbonyl (C=O) groups excluding carboxylic acids is 2. The van der Waals surface area contributed by atoms with Gasteiger partial charge in [0.1, 0.15) is 0 Å². The molecule has 1 aromatic rings. The highest BCUT2D eigenvalue weighted by molar-refractivity contribution is 5.90. The van der Waals surface area contributed by atoms with Crippen molar-refractivity contribution >= 4 is 17.6 Å². The van der Waals surface area contributed by atoms with Gasteiger partial charge in [-0.15, -0.1) is 0 Å². The van der Waals surface area contributed by atoms with Crippen LogP contribution in [0.4, 0.5) is 10.5 Å². The van der Waals surface area contributed by atoms with Crippen LogP contribution in [0.3, 0.4) is 0 Å². The van der Waals surface area contributed by atoms with Gasteiger partial charge in [-0.3, -0.25) is 4.79 Å². The van der Waals surface area contributed by atoms with E-state index in [1.165, 1.54) is 0 Å². The molecule has 3 amide bonds. The largest absolute Gasteiger partial charge is 0.353 e. The number of rotatable bonds is 6. The first-order valence-corrected chi connectivity index (χ1v) is 9.37. The van der Waals surface area contributed by atoms with Crippen LogP contribution in [0.1, 0.15) is 46.5 Å². The third kappa shape index (κ3) is 6.40. The van der Waals surface area contributed by atoms with Crippen LogP contribution in [0.2, 0.25) is 0 Å². The zero-order valence-electron chi connectivity index (χ0n) is 15.6. The number of nitrogens with one attached hydrogen (secondary N) is 2. The van der Waals surface area contributed by atoms with E-state index in [-0.39, 0.29) is 23.9 Å². The van der Waals surface area contributed by atoms with Crippen LogP contribution in [0.25, 0.3) is 0 Å². The van der Waals surface area contributed by atoms with Gasteiger partial charge in [0, 0.05) is 24.8 Å². The SMILES string of the molecule is CC(C)CC[C@@H](C)NC(=O)[C@@H]1CCCN(C(=O)Nc2ccccc2)C1. The van der Waals surface area contributed by atoms with Crippen molar-refractivity contribution in [2.24, 2.45) is 11.8 Å². The third-order valence-electron chi connectivity index (χ3n) is 4.67. The minimum absolute atomic E-state index is 0.0773. The fourth-order valence-corrected chi connectivity index (χ4v) is 3.12. The average Bonchev–Trinajstić information content (AvgIpc) is 2.61. The number of anilines is 1. The van der Waals surface area contributed by atoms with Crippen LogP contribution in [0, 0.1) is 11.8 Å². The Hall–Kier alpha value is -2.04. The maximum atomic E-state index is 12.5. The van der Waals surface area contributed by atoms with E-state index in [4.69, 9.17) is 0 Å². The summed E-state index contributed by atoms with van der Waals surface area (Å²) in [6.07, 6.45) is 3.81. The summed E-state index contributed by atoms with van der Waals surface area (Å²) in [5.74, 6) is 0.608. The number of piperidine rings is 1. The Kier molecular flexibility index (Phi) is 7.29. The Morgan fingerprint density at radius 1 is 1.16 bits per heavy atom. The number of carbonyl (C=O) groups is 2. The smallest absolute Gasteiger partial charge is 0.321 e. The van der Waals surface area contributed by atoms with E-state index in [0.717, 1.165) is 31.4 Å². The molecule has 0 spiro atoms. The summed E-state index contributed by atoms with van der Waals surface area (Å²) < 4.78 is 0. The highest BCUT2D eigenvalue weighted by atomic mass is 16.2. The molecule has 5 nitrogen and oxygen atoms in total. The molecule has 0 unspecified atom stereocenters. The average molecular weight is 345 g/mol. The van der Waals surface area contributed by atoms with Gasteiger partial charge in [0.15, 0.2) is 0 Å². The Balaban J connectivity index is 1.83. The lowest BCUT2D eigenvalue weighted by Crippen LogP contribution is -2.48. The van der Waals surface area contributed by atoms with Gasteiger partial charge in [-0.25, -0.2) is 4.79 Å². The molecule has 0 aliphatic carbocycles. The molecule has 2 rings (SSSR count). The van der Waals surface area contributed by atoms with Crippen LogP contribution in [-0.4, -0.2) is 36.0 Å². The van der Waals surface area contributed by atoms with Crippen molar-refractivity contribution in [3.8, 4) is 0 Å². The maximum Gasteiger partial charge on any atom is 0.321 e. The summed E-state index contributed by atoms with van der Waals surface area (Å²) in [6, 6.07) is 9.48. The molecule has 0 bridgehead atoms. The van der Waals surface area contributed by atoms with Crippen LogP contribution in [-0.2, 0) is 4.79 Å². The highest BCUT2D eigenvalue weighted by Gasteiger charge is 2.29. The zero-order valence-corrected chi connectivity index (χ0v) is 15.6. The minimum Gasteiger partial charge on any atom is -0.353 e. The highest BCUT2D eigenvalue weighted by Crippen LogP contribution is 2.19. The Morgan fingerprint density at radius 3 is 2.56 bits per heavy atom. The number of benzene rings is 1. The fraction of sp³-hybridized carbons (Fsp3) is 0.600. The van der Waals surface area contributed by atoms with E-state index < -0.39 is 0 Å². The zero-order chi connectivity index (χ0) is 18.2. The first-order chi connectivity index (χ1) is 12.0. The van der Waals surface area contributed by atoms with E-state index in [0.29, 0.717) is 19.0 Å². The van der Waals surface area contributed by atoms with Crippen LogP contribution < -0.4 is 10.6 Å². The van der Waals surface area contributed by atoms with Gasteiger partial charge in [0.2, 0.25) is 5.91 Å². The van der Waals surface area contributed by atoms with Crippen LogP contribution in [0.15, 0.2) is 30.3 Å². The first-order valence-electron chi connectivity index (χ1n) is 9.37. The molecule has 1 aliphatic rings. The summed E-state index contributed by atoms with van der Waals surface area (Å²) in [5, 5.41) is 6.02. The van der Waals surface area contributed by atoms with Crippen molar-refractivity contribution in [3.63, 3.8) is 0 Å². The number of hydrogen-bond acceptors (Lipinski definition) is 2. The number of urea groups is 1. The Morgan fingerprint density at radius 2 is 1.88 bits per heavy atom. The van der Waals surface area contributed by atoms with Gasteiger partial charge < -0.3 is 15.5 Å². The Labute approximate surface area is 151 Å². The second-order valence-corrected chi connectivity index (χ2v) is 7.46. The van der Waals surface area contributed by atoms with Crippen molar-refractivity contribution in [3.05, 3.63) is 30.3 Å². The molecule has 1 saturated heterocycles. The predicted molar refractivity (Wildman–Crippen MR) is 101 cm³/mol. The van der Waals surface area contributed by atoms with Gasteiger partial charge in [-0.1, -0.05) is 32.0 Å². The van der Waals surface area contributed by atoms with Gasteiger partial charge in [-0.2, -0.15) is 0 Å². The van der Waals surface area contributed by atoms with E-state index in [1.807, 2.05) is 30.3 Å². The second kappa shape index (κ2) is 9.44. The number of para-hydroxylation sites is 1. The Bertz CT molecular complexity index is 559. The molecular weight excluding hydrogens is 314 g/mol. The quantitative estimate of drug-likeness (QED) is 0.822. The van der Waals surface area contributed by atoms with Crippen LogP contribution in [0.5, 0.6) is 0 Å². The number of amides is 3. The van der Waals surface area contributed by atoms with Crippen molar-refractivity contribution in [2.75, 3.05) is 18.4 Å². The molecule has 1 heterocycles. The fourth-order valence-electron chi connectivity index (χ4n) is 3.12. The van der Waals surface area contributed by atoms with Crippen LogP contribution >= 0.6 is 0 Å². The lowest BCUT2D eigenvalue weighted by atomic mass is 9.96. The number of hydrogen-bond donors (Lipinski definition) is 2. The number of likely N-dealkylation sites (tertiary alicyclic amines) is 1. The summed E-state index contributed by atoms with van der Waals surface area (Å²) in [4.78, 5) is 26.7. The molecular formula is C20H31N3O2. The summed E-state index contributed by atoms with van der Waals surface area (Å²) in [6.45, 7) is 7.63. The molecule has 2 N–H and O–H groups in total. The lowest BCUT2D eigenvalue weighted by molar-refractivity contribution is -0.126. The molecule has 2 atom stereocenters. The molecule has 5 heteroatoms. The predicted octanol–water partition coefficient (Wildman–Crippen LogP) is 3.87. The van der Waals surface area contributed by atoms with Crippen molar-refractivity contribution in [2.45, 2.75) is 52.5 Å². The molecule has 1 aromatic carbocycles. The monoisotopic (exact) mass is 345 g/mol. The van der Waals surface area contributed by atoms with E-state index in [1.54, 1.807) is 4.90 Å². The molecule has 0 radical (unpaired) electrons. The summed E-state index contributed by atoms with van der Waals surface area (Å²) in [7, 11) is 0. The molecule has 138 valence electrons. The van der Waals surface area contributed by atoms with Crippen molar-refractivity contribution in [1.82, 2.24) is 10.2 Å². The lowest BCUT2D eigenvalue weighted by Gasteiger charge is -2.32. The van der Waals surface area contributed by atoms with E-state index in [2.05, 4.69) is 31.4 Å². The normalized spacial score (nSPS) is 18.7. The molecule has 0 aromatic heterocycles. The number of nitrogens with zero attached hydrogens (tertiary/aromatic N) is 1. The van der Waals surface area contributed by atoms with Gasteiger partial charge in [0.25, 0.3) is 0 Å². The first kappa shape index (κ1) is 19.3. The van der Waals surface area contributed by atoms with Crippen molar-refractivity contribution < 1.29 is 9.59 Å². The third-order valence-corrected chi connectivity index (χ3v) is 4.67. The van der Waals surface area contributed by atoms with Gasteiger partial charge in [0.05, 0.1) is 5.92 Å². The standard InChI is InChI=1S/C20H31N3O2/c1-15(2)11-12-16(3)21-19(24)17-8-7-13-23(14-17)20(25)22-18-9-5-4-6-10-18/h4-6,9-10,15-17H,7-8,11-14H2,1-3H3,(H,21,24)(H,22,25)/t16-,17-/m1/s1. The van der Waals surface area contributed by atoms with E-state index >= 15 is 0 Å². The summed E-state index contributed by atoms with van der Waals surface area (Å²) >= 11 is 0. The molecule has 25 heavy (non-hydrogen) atoms. The topological polar surface area (TPSA) is 61.4 Å². The molecule has 1 aliphatic heterocycles. The van der Waals surface area contributed by atoms with Gasteiger partial charge >= 0.3 is 6.03 Å². The molecule has 1 fully saturated rings. The second-order valence-electron chi connectivity index (χ2n) is 7.46.